The van der Waals surface area contributed by atoms with Crippen LogP contribution in [-0.4, -0.2) is 54.1 Å². The standard InChI is InChI=1S/C8H17N3O3.Mg.2H/c9-4-2-1-3-6(11)8(13)14-7(12)5-10;;;/h6H,1-5,9-11H2;;;. The van der Waals surface area contributed by atoms with Gasteiger partial charge in [0.15, 0.2) is 0 Å². The summed E-state index contributed by atoms with van der Waals surface area (Å²) in [6.07, 6.45) is 2.00. The van der Waals surface area contributed by atoms with E-state index in [0.29, 0.717) is 13.0 Å². The molecule has 0 rings (SSSR count). The molecule has 0 aliphatic carbocycles. The molecule has 0 aromatic rings. The van der Waals surface area contributed by atoms with Gasteiger partial charge in [0.2, 0.25) is 0 Å². The van der Waals surface area contributed by atoms with E-state index in [-0.39, 0.29) is 29.6 Å². The van der Waals surface area contributed by atoms with Crippen LogP contribution in [0.15, 0.2) is 0 Å². The van der Waals surface area contributed by atoms with Crippen LogP contribution in [0.3, 0.4) is 0 Å². The Morgan fingerprint density at radius 1 is 1.20 bits per heavy atom. The average Bonchev–Trinajstić information content (AvgIpc) is 2.17. The predicted molar refractivity (Wildman–Crippen MR) is 59.6 cm³/mol. The molecule has 0 saturated carbocycles. The van der Waals surface area contributed by atoms with Crippen molar-refractivity contribution in [1.82, 2.24) is 0 Å². The molecule has 0 aromatic carbocycles. The van der Waals surface area contributed by atoms with Crippen molar-refractivity contribution >= 4 is 35.0 Å². The molecule has 0 amide bonds. The van der Waals surface area contributed by atoms with Crippen LogP contribution in [0.25, 0.3) is 0 Å². The first kappa shape index (κ1) is 17.2. The van der Waals surface area contributed by atoms with E-state index in [1.807, 2.05) is 0 Å². The maximum absolute atomic E-state index is 11.1. The number of hydrogen-bond donors (Lipinski definition) is 3. The van der Waals surface area contributed by atoms with E-state index >= 15 is 0 Å². The summed E-state index contributed by atoms with van der Waals surface area (Å²) in [5.41, 5.74) is 15.7. The van der Waals surface area contributed by atoms with Crippen LogP contribution < -0.4 is 17.2 Å². The van der Waals surface area contributed by atoms with Crippen molar-refractivity contribution in [2.24, 2.45) is 17.2 Å². The summed E-state index contributed by atoms with van der Waals surface area (Å²) in [7, 11) is 0. The number of hydrogen-bond acceptors (Lipinski definition) is 6. The van der Waals surface area contributed by atoms with Gasteiger partial charge in [0.1, 0.15) is 6.04 Å². The molecule has 0 heterocycles. The fourth-order valence-electron chi connectivity index (χ4n) is 0.856. The monoisotopic (exact) mass is 229 g/mol. The molecular formula is C8H19MgN3O3. The molecule has 0 radical (unpaired) electrons. The lowest BCUT2D eigenvalue weighted by Gasteiger charge is -2.08. The van der Waals surface area contributed by atoms with Crippen molar-refractivity contribution in [2.75, 3.05) is 13.1 Å². The van der Waals surface area contributed by atoms with Gasteiger partial charge < -0.3 is 21.9 Å². The fourth-order valence-corrected chi connectivity index (χ4v) is 0.856. The molecule has 0 fully saturated rings. The molecule has 6 nitrogen and oxygen atoms in total. The highest BCUT2D eigenvalue weighted by atomic mass is 24.3. The molecule has 0 bridgehead atoms. The van der Waals surface area contributed by atoms with Crippen LogP contribution >= 0.6 is 0 Å². The van der Waals surface area contributed by atoms with Crippen molar-refractivity contribution in [2.45, 2.75) is 25.3 Å². The van der Waals surface area contributed by atoms with E-state index in [0.717, 1.165) is 12.8 Å². The Labute approximate surface area is 105 Å². The maximum Gasteiger partial charge on any atom is 0.330 e. The van der Waals surface area contributed by atoms with Gasteiger partial charge in [-0.1, -0.05) is 6.42 Å². The summed E-state index contributed by atoms with van der Waals surface area (Å²) >= 11 is 0. The molecule has 0 saturated heterocycles. The Hall–Kier alpha value is -0.214. The van der Waals surface area contributed by atoms with Crippen molar-refractivity contribution < 1.29 is 14.3 Å². The van der Waals surface area contributed by atoms with Crippen LogP contribution in [0.1, 0.15) is 19.3 Å². The highest BCUT2D eigenvalue weighted by Crippen LogP contribution is 1.99. The topological polar surface area (TPSA) is 121 Å². The summed E-state index contributed by atoms with van der Waals surface area (Å²) in [5.74, 6) is -1.48. The first-order chi connectivity index (χ1) is 6.61. The predicted octanol–water partition coefficient (Wildman–Crippen LogP) is -2.44. The number of ether oxygens (including phenoxy) is 1. The zero-order chi connectivity index (χ0) is 11.0. The molecule has 0 aliphatic rings. The minimum atomic E-state index is -0.767. The van der Waals surface area contributed by atoms with Gasteiger partial charge in [-0.05, 0) is 19.4 Å². The number of unbranched alkanes of at least 4 members (excludes halogenated alkanes) is 1. The van der Waals surface area contributed by atoms with Gasteiger partial charge in [-0.3, -0.25) is 4.79 Å². The largest absolute Gasteiger partial charge is 0.391 e. The van der Waals surface area contributed by atoms with E-state index in [9.17, 15) is 9.59 Å². The number of carbonyl (C=O) groups is 2. The zero-order valence-electron chi connectivity index (χ0n) is 8.07. The maximum atomic E-state index is 11.1. The van der Waals surface area contributed by atoms with Crippen molar-refractivity contribution in [1.29, 1.82) is 0 Å². The summed E-state index contributed by atoms with van der Waals surface area (Å²) < 4.78 is 4.33. The number of esters is 2. The van der Waals surface area contributed by atoms with E-state index in [4.69, 9.17) is 17.2 Å². The Balaban J connectivity index is 0. The summed E-state index contributed by atoms with van der Waals surface area (Å²) in [6, 6.07) is -0.767. The van der Waals surface area contributed by atoms with Gasteiger partial charge in [-0.2, -0.15) is 0 Å². The Morgan fingerprint density at radius 3 is 2.27 bits per heavy atom. The van der Waals surface area contributed by atoms with Crippen LogP contribution in [0, 0.1) is 0 Å². The quantitative estimate of drug-likeness (QED) is 0.201. The summed E-state index contributed by atoms with van der Waals surface area (Å²) in [5, 5.41) is 0. The second kappa shape index (κ2) is 10.3. The SMILES string of the molecule is NCCCCC(N)C(=O)OC(=O)CN.[MgH2]. The van der Waals surface area contributed by atoms with Gasteiger partial charge in [0.25, 0.3) is 0 Å². The fraction of sp³-hybridized carbons (Fsp3) is 0.750. The highest BCUT2D eigenvalue weighted by Gasteiger charge is 2.17. The van der Waals surface area contributed by atoms with Crippen molar-refractivity contribution in [3.8, 4) is 0 Å². The third-order valence-electron chi connectivity index (χ3n) is 1.65. The zero-order valence-corrected chi connectivity index (χ0v) is 8.07. The van der Waals surface area contributed by atoms with Gasteiger partial charge in [-0.25, -0.2) is 4.79 Å². The van der Waals surface area contributed by atoms with Crippen LogP contribution in [0.4, 0.5) is 0 Å². The minimum absolute atomic E-state index is 0. The van der Waals surface area contributed by atoms with Crippen LogP contribution in [0.2, 0.25) is 0 Å². The minimum Gasteiger partial charge on any atom is -0.391 e. The van der Waals surface area contributed by atoms with Gasteiger partial charge >= 0.3 is 35.0 Å². The van der Waals surface area contributed by atoms with Crippen LogP contribution in [-0.2, 0) is 14.3 Å². The molecule has 0 spiro atoms. The van der Waals surface area contributed by atoms with E-state index in [1.165, 1.54) is 0 Å². The first-order valence-corrected chi connectivity index (χ1v) is 4.52. The van der Waals surface area contributed by atoms with Crippen LogP contribution in [0.5, 0.6) is 0 Å². The third-order valence-corrected chi connectivity index (χ3v) is 1.65. The normalized spacial score (nSPS) is 11.4. The molecule has 7 heteroatoms. The van der Waals surface area contributed by atoms with E-state index in [1.54, 1.807) is 0 Å². The molecule has 15 heavy (non-hydrogen) atoms. The number of carbonyl (C=O) groups excluding carboxylic acids is 2. The summed E-state index contributed by atoms with van der Waals surface area (Å²) in [4.78, 5) is 21.7. The Bertz CT molecular complexity index is 202. The van der Waals surface area contributed by atoms with E-state index in [2.05, 4.69) is 4.74 Å². The van der Waals surface area contributed by atoms with Gasteiger partial charge in [-0.15, -0.1) is 0 Å². The first-order valence-electron chi connectivity index (χ1n) is 4.52. The lowest BCUT2D eigenvalue weighted by atomic mass is 10.1. The smallest absolute Gasteiger partial charge is 0.330 e. The molecular weight excluding hydrogens is 210 g/mol. The average molecular weight is 230 g/mol. The second-order valence-electron chi connectivity index (χ2n) is 2.89. The molecule has 1 unspecified atom stereocenters. The van der Waals surface area contributed by atoms with E-state index < -0.39 is 18.0 Å². The molecule has 0 aliphatic heterocycles. The molecule has 0 aromatic heterocycles. The number of nitrogens with two attached hydrogens (primary N) is 3. The highest BCUT2D eigenvalue weighted by molar-refractivity contribution is 5.88. The second-order valence-corrected chi connectivity index (χ2v) is 2.89. The number of rotatable bonds is 6. The Kier molecular flexibility index (Phi) is 11.8. The molecule has 1 atom stereocenters. The molecule has 6 N–H and O–H groups in total. The third kappa shape index (κ3) is 8.76. The lowest BCUT2D eigenvalue weighted by Crippen LogP contribution is -2.35. The molecule has 86 valence electrons. The van der Waals surface area contributed by atoms with Crippen molar-refractivity contribution in [3.05, 3.63) is 0 Å². The summed E-state index contributed by atoms with van der Waals surface area (Å²) in [6.45, 7) is 0.241. The lowest BCUT2D eigenvalue weighted by molar-refractivity contribution is -0.159. The Morgan fingerprint density at radius 2 is 1.80 bits per heavy atom. The van der Waals surface area contributed by atoms with Gasteiger partial charge in [0, 0.05) is 0 Å². The van der Waals surface area contributed by atoms with Crippen molar-refractivity contribution in [3.63, 3.8) is 0 Å². The van der Waals surface area contributed by atoms with Gasteiger partial charge in [0.05, 0.1) is 6.54 Å².